The number of amidine groups is 1. The number of fused-ring (bicyclic) bond motifs is 1. The maximum Gasteiger partial charge on any atom is 0.342 e. The van der Waals surface area contributed by atoms with Gasteiger partial charge in [0.25, 0.3) is 0 Å². The van der Waals surface area contributed by atoms with Crippen molar-refractivity contribution in [1.82, 2.24) is 0 Å². The van der Waals surface area contributed by atoms with E-state index in [4.69, 9.17) is 15.9 Å². The van der Waals surface area contributed by atoms with E-state index in [-0.39, 0.29) is 17.8 Å². The molecule has 0 radical (unpaired) electrons. The topological polar surface area (TPSA) is 112 Å². The first-order valence-electron chi connectivity index (χ1n) is 6.73. The van der Waals surface area contributed by atoms with Gasteiger partial charge in [-0.2, -0.15) is 5.26 Å². The van der Waals surface area contributed by atoms with Gasteiger partial charge in [0, 0.05) is 23.0 Å². The molecule has 6 nitrogen and oxygen atoms in total. The number of nitrogens with one attached hydrogen (secondary N) is 2. The Kier molecular flexibility index (Phi) is 4.28. The Morgan fingerprint density at radius 1 is 1.50 bits per heavy atom. The molecule has 0 aromatic heterocycles. The average Bonchev–Trinajstić information content (AvgIpc) is 2.47. The van der Waals surface area contributed by atoms with Gasteiger partial charge in [-0.1, -0.05) is 11.6 Å². The van der Waals surface area contributed by atoms with Crippen molar-refractivity contribution in [3.63, 3.8) is 0 Å². The van der Waals surface area contributed by atoms with E-state index in [9.17, 15) is 10.1 Å². The molecule has 22 heavy (non-hydrogen) atoms. The highest BCUT2D eigenvalue weighted by atomic mass is 16.5. The molecule has 1 heterocycles. The van der Waals surface area contributed by atoms with Crippen LogP contribution in [0.1, 0.15) is 18.1 Å². The number of nitrogens with zero attached hydrogens (tertiary/aromatic N) is 1. The molecule has 1 aliphatic heterocycles. The zero-order chi connectivity index (χ0) is 16.3. The van der Waals surface area contributed by atoms with Crippen molar-refractivity contribution >= 4 is 23.1 Å². The van der Waals surface area contributed by atoms with Gasteiger partial charge in [0.1, 0.15) is 17.5 Å². The molecule has 0 bridgehead atoms. The van der Waals surface area contributed by atoms with Crippen LogP contribution in [-0.4, -0.2) is 18.4 Å². The van der Waals surface area contributed by atoms with Crippen LogP contribution in [0.5, 0.6) is 0 Å². The SMILES string of the molecule is CCOC(=O)C(C(=N)N)=C1C(C#N)=CNc2ccc(C)cc21. The molecule has 4 N–H and O–H groups in total. The first-order valence-corrected chi connectivity index (χ1v) is 6.73. The van der Waals surface area contributed by atoms with E-state index >= 15 is 0 Å². The number of carbonyl (C=O) groups is 1. The van der Waals surface area contributed by atoms with Gasteiger partial charge in [0.05, 0.1) is 12.2 Å². The number of hydrogen-bond acceptors (Lipinski definition) is 5. The summed E-state index contributed by atoms with van der Waals surface area (Å²) in [4.78, 5) is 12.2. The summed E-state index contributed by atoms with van der Waals surface area (Å²) in [5.74, 6) is -1.13. The van der Waals surface area contributed by atoms with Crippen LogP contribution in [0.2, 0.25) is 0 Å². The molecule has 0 fully saturated rings. The van der Waals surface area contributed by atoms with E-state index in [0.717, 1.165) is 11.3 Å². The molecule has 0 aliphatic carbocycles. The number of hydrogen-bond donors (Lipinski definition) is 3. The molecule has 0 amide bonds. The maximum absolute atomic E-state index is 12.2. The van der Waals surface area contributed by atoms with Crippen LogP contribution in [0.3, 0.4) is 0 Å². The minimum atomic E-state index is -0.708. The molecule has 0 spiro atoms. The second-order valence-corrected chi connectivity index (χ2v) is 4.75. The number of carbonyl (C=O) groups excluding carboxylic acids is 1. The van der Waals surface area contributed by atoms with E-state index in [1.165, 1.54) is 6.20 Å². The fraction of sp³-hybridized carbons (Fsp3) is 0.188. The van der Waals surface area contributed by atoms with Gasteiger partial charge in [-0.3, -0.25) is 5.41 Å². The molecule has 1 aromatic rings. The summed E-state index contributed by atoms with van der Waals surface area (Å²) in [6.07, 6.45) is 1.50. The van der Waals surface area contributed by atoms with Crippen molar-refractivity contribution in [2.24, 2.45) is 5.73 Å². The predicted octanol–water partition coefficient (Wildman–Crippen LogP) is 2.08. The number of benzene rings is 1. The average molecular weight is 296 g/mol. The van der Waals surface area contributed by atoms with Crippen LogP contribution >= 0.6 is 0 Å². The quantitative estimate of drug-likeness (QED) is 0.342. The van der Waals surface area contributed by atoms with Crippen LogP contribution in [0.25, 0.3) is 5.57 Å². The molecule has 0 saturated heterocycles. The first kappa shape index (κ1) is 15.3. The highest BCUT2D eigenvalue weighted by molar-refractivity contribution is 6.25. The Labute approximate surface area is 128 Å². The van der Waals surface area contributed by atoms with Gasteiger partial charge >= 0.3 is 5.97 Å². The molecule has 2 rings (SSSR count). The Bertz CT molecular complexity index is 754. The summed E-state index contributed by atoms with van der Waals surface area (Å²) >= 11 is 0. The Morgan fingerprint density at radius 2 is 2.23 bits per heavy atom. The minimum Gasteiger partial charge on any atom is -0.462 e. The van der Waals surface area contributed by atoms with Gasteiger partial charge < -0.3 is 15.8 Å². The monoisotopic (exact) mass is 296 g/mol. The largest absolute Gasteiger partial charge is 0.462 e. The van der Waals surface area contributed by atoms with Crippen molar-refractivity contribution in [2.45, 2.75) is 13.8 Å². The lowest BCUT2D eigenvalue weighted by molar-refractivity contribution is -0.137. The highest BCUT2D eigenvalue weighted by Gasteiger charge is 2.27. The molecular formula is C16H16N4O2. The number of rotatable bonds is 3. The lowest BCUT2D eigenvalue weighted by atomic mass is 9.89. The number of nitrogens with two attached hydrogens (primary N) is 1. The number of anilines is 1. The number of aryl methyl sites for hydroxylation is 1. The van der Waals surface area contributed by atoms with Crippen molar-refractivity contribution < 1.29 is 9.53 Å². The number of esters is 1. The summed E-state index contributed by atoms with van der Waals surface area (Å²) in [6.45, 7) is 3.73. The fourth-order valence-electron chi connectivity index (χ4n) is 2.27. The molecule has 0 atom stereocenters. The summed E-state index contributed by atoms with van der Waals surface area (Å²) in [6, 6.07) is 7.62. The minimum absolute atomic E-state index is 0.0944. The fourth-order valence-corrected chi connectivity index (χ4v) is 2.27. The van der Waals surface area contributed by atoms with Gasteiger partial charge in [0.2, 0.25) is 0 Å². The highest BCUT2D eigenvalue weighted by Crippen LogP contribution is 2.36. The molecule has 112 valence electrons. The summed E-state index contributed by atoms with van der Waals surface area (Å²) in [7, 11) is 0. The molecular weight excluding hydrogens is 280 g/mol. The molecule has 1 aromatic carbocycles. The summed E-state index contributed by atoms with van der Waals surface area (Å²) in [5, 5.41) is 20.1. The van der Waals surface area contributed by atoms with Gasteiger partial charge in [0.15, 0.2) is 0 Å². The summed E-state index contributed by atoms with van der Waals surface area (Å²) < 4.78 is 4.98. The maximum atomic E-state index is 12.2. The lowest BCUT2D eigenvalue weighted by Crippen LogP contribution is -2.25. The third-order valence-electron chi connectivity index (χ3n) is 3.21. The van der Waals surface area contributed by atoms with Crippen LogP contribution in [0.15, 0.2) is 35.5 Å². The molecule has 1 aliphatic rings. The second kappa shape index (κ2) is 6.14. The zero-order valence-corrected chi connectivity index (χ0v) is 12.4. The van der Waals surface area contributed by atoms with Crippen molar-refractivity contribution in [2.75, 3.05) is 11.9 Å². The van der Waals surface area contributed by atoms with Crippen LogP contribution in [0.4, 0.5) is 5.69 Å². The Balaban J connectivity index is 2.78. The van der Waals surface area contributed by atoms with Gasteiger partial charge in [-0.15, -0.1) is 0 Å². The normalized spacial score (nSPS) is 14.9. The van der Waals surface area contributed by atoms with E-state index in [1.54, 1.807) is 6.92 Å². The van der Waals surface area contributed by atoms with E-state index in [1.807, 2.05) is 31.2 Å². The third-order valence-corrected chi connectivity index (χ3v) is 3.21. The lowest BCUT2D eigenvalue weighted by Gasteiger charge is -2.21. The van der Waals surface area contributed by atoms with E-state index in [0.29, 0.717) is 11.1 Å². The zero-order valence-electron chi connectivity index (χ0n) is 12.4. The van der Waals surface area contributed by atoms with Crippen LogP contribution in [0, 0.1) is 23.7 Å². The van der Waals surface area contributed by atoms with Crippen molar-refractivity contribution in [3.05, 3.63) is 46.7 Å². The summed E-state index contributed by atoms with van der Waals surface area (Å²) in [5.41, 5.74) is 8.39. The molecule has 0 unspecified atom stereocenters. The van der Waals surface area contributed by atoms with Gasteiger partial charge in [-0.05, 0) is 26.0 Å². The Morgan fingerprint density at radius 3 is 2.82 bits per heavy atom. The van der Waals surface area contributed by atoms with E-state index in [2.05, 4.69) is 5.32 Å². The van der Waals surface area contributed by atoms with Gasteiger partial charge in [-0.25, -0.2) is 4.79 Å². The van der Waals surface area contributed by atoms with Crippen LogP contribution in [-0.2, 0) is 9.53 Å². The van der Waals surface area contributed by atoms with Crippen LogP contribution < -0.4 is 11.1 Å². The second-order valence-electron chi connectivity index (χ2n) is 4.75. The first-order chi connectivity index (χ1) is 10.5. The number of ether oxygens (including phenoxy) is 1. The van der Waals surface area contributed by atoms with Crippen molar-refractivity contribution in [1.29, 1.82) is 10.7 Å². The molecule has 6 heteroatoms. The molecule has 0 saturated carbocycles. The number of nitriles is 1. The standard InChI is InChI=1S/C16H16N4O2/c1-3-22-16(21)14(15(18)19)13-10(7-17)8-20-12-5-4-9(2)6-11(12)13/h4-6,8,20H,3H2,1-2H3,(H3,18,19). The van der Waals surface area contributed by atoms with E-state index < -0.39 is 11.8 Å². The van der Waals surface area contributed by atoms with Crippen molar-refractivity contribution in [3.8, 4) is 6.07 Å². The predicted molar refractivity (Wildman–Crippen MR) is 84.0 cm³/mol. The number of allylic oxidation sites excluding steroid dienone is 2. The third kappa shape index (κ3) is 2.69. The Hall–Kier alpha value is -3.07. The smallest absolute Gasteiger partial charge is 0.342 e.